The number of carbonyl (C=O) groups excluding carboxylic acids is 2. The summed E-state index contributed by atoms with van der Waals surface area (Å²) in [6, 6.07) is 6.40. The third-order valence-corrected chi connectivity index (χ3v) is 5.79. The second-order valence-electron chi connectivity index (χ2n) is 5.97. The molecule has 1 aromatic carbocycles. The topological polar surface area (TPSA) is 83.6 Å². The van der Waals surface area contributed by atoms with Crippen molar-refractivity contribution in [2.45, 2.75) is 26.2 Å². The maximum absolute atomic E-state index is 12.9. The summed E-state index contributed by atoms with van der Waals surface area (Å²) in [4.78, 5) is 27.2. The zero-order valence-corrected chi connectivity index (χ0v) is 14.4. The van der Waals surface area contributed by atoms with Gasteiger partial charge in [-0.1, -0.05) is 31.2 Å². The van der Waals surface area contributed by atoms with Gasteiger partial charge in [0, 0.05) is 30.8 Å². The van der Waals surface area contributed by atoms with Gasteiger partial charge in [-0.05, 0) is 19.3 Å². The summed E-state index contributed by atoms with van der Waals surface area (Å²) >= 11 is 0. The number of hydrogen-bond donors (Lipinski definition) is 1. The van der Waals surface area contributed by atoms with Crippen LogP contribution in [0.4, 0.5) is 0 Å². The van der Waals surface area contributed by atoms with E-state index in [1.165, 1.54) is 6.07 Å². The fourth-order valence-electron chi connectivity index (χ4n) is 3.13. The first kappa shape index (κ1) is 16.9. The minimum absolute atomic E-state index is 0.0276. The molecule has 1 fully saturated rings. The molecule has 1 saturated heterocycles. The largest absolute Gasteiger partial charge is 0.367 e. The predicted molar refractivity (Wildman–Crippen MR) is 90.1 cm³/mol. The van der Waals surface area contributed by atoms with E-state index in [1.54, 1.807) is 23.1 Å². The molecule has 0 amide bonds. The number of benzene rings is 1. The molecule has 7 heteroatoms. The molecule has 0 spiro atoms. The zero-order chi connectivity index (χ0) is 17.3. The van der Waals surface area contributed by atoms with Crippen molar-refractivity contribution in [1.29, 1.82) is 0 Å². The second-order valence-corrected chi connectivity index (χ2v) is 7.68. The lowest BCUT2D eigenvalue weighted by molar-refractivity contribution is 0.0952. The highest BCUT2D eigenvalue weighted by molar-refractivity contribution is 7.94. The number of rotatable bonds is 5. The predicted octanol–water partition coefficient (Wildman–Crippen LogP) is 1.70. The van der Waals surface area contributed by atoms with E-state index in [2.05, 4.69) is 4.72 Å². The Kier molecular flexibility index (Phi) is 4.56. The lowest BCUT2D eigenvalue weighted by Crippen LogP contribution is -2.39. The van der Waals surface area contributed by atoms with Gasteiger partial charge in [0.25, 0.3) is 0 Å². The van der Waals surface area contributed by atoms with Crippen molar-refractivity contribution in [3.8, 4) is 0 Å². The maximum atomic E-state index is 12.9. The number of hydrogen-bond acceptors (Lipinski definition) is 5. The summed E-state index contributed by atoms with van der Waals surface area (Å²) in [7, 11) is -4.04. The Balaban J connectivity index is 2.19. The molecular formula is C17H20N2O4S. The van der Waals surface area contributed by atoms with E-state index in [9.17, 15) is 18.0 Å². The van der Waals surface area contributed by atoms with Crippen LogP contribution in [0.15, 0.2) is 34.9 Å². The highest BCUT2D eigenvalue weighted by Crippen LogP contribution is 2.32. The van der Waals surface area contributed by atoms with Gasteiger partial charge < -0.3 is 4.90 Å². The first-order valence-electron chi connectivity index (χ1n) is 8.14. The van der Waals surface area contributed by atoms with Gasteiger partial charge in [0.05, 0.1) is 0 Å². The van der Waals surface area contributed by atoms with Crippen LogP contribution in [0, 0.1) is 0 Å². The van der Waals surface area contributed by atoms with Gasteiger partial charge in [-0.2, -0.15) is 0 Å². The van der Waals surface area contributed by atoms with Gasteiger partial charge in [0.15, 0.2) is 4.91 Å². The maximum Gasteiger partial charge on any atom is 0.246 e. The van der Waals surface area contributed by atoms with Gasteiger partial charge in [-0.15, -0.1) is 0 Å². The van der Waals surface area contributed by atoms with Gasteiger partial charge in [-0.3, -0.25) is 9.59 Å². The number of ketones is 2. The molecule has 1 aliphatic heterocycles. The Labute approximate surface area is 141 Å². The molecule has 0 saturated carbocycles. The number of nitrogens with one attached hydrogen (secondary N) is 1. The Hall–Kier alpha value is -1.99. The fraction of sp³-hybridized carbons (Fsp3) is 0.412. The SMILES string of the molecule is CCCNS(=O)(=O)C1=C(N2CCCC2)C(=O)c2ccccc2C1=O. The Bertz CT molecular complexity index is 821. The molecule has 0 unspecified atom stereocenters. The van der Waals surface area contributed by atoms with Crippen LogP contribution in [0.3, 0.4) is 0 Å². The van der Waals surface area contributed by atoms with Gasteiger partial charge in [-0.25, -0.2) is 13.1 Å². The van der Waals surface area contributed by atoms with E-state index in [-0.39, 0.29) is 29.2 Å². The number of Topliss-reactive ketones (excluding diaryl/α,β-unsaturated/α-hetero) is 2. The first-order chi connectivity index (χ1) is 11.5. The van der Waals surface area contributed by atoms with Crippen molar-refractivity contribution < 1.29 is 18.0 Å². The van der Waals surface area contributed by atoms with E-state index in [1.807, 2.05) is 6.92 Å². The van der Waals surface area contributed by atoms with Crippen molar-refractivity contribution in [2.24, 2.45) is 0 Å². The summed E-state index contributed by atoms with van der Waals surface area (Å²) in [5, 5.41) is 0. The first-order valence-corrected chi connectivity index (χ1v) is 9.63. The minimum atomic E-state index is -4.04. The zero-order valence-electron chi connectivity index (χ0n) is 13.5. The molecule has 3 rings (SSSR count). The molecule has 1 aromatic rings. The summed E-state index contributed by atoms with van der Waals surface area (Å²) in [5.74, 6) is -0.986. The third kappa shape index (κ3) is 2.78. The molecule has 24 heavy (non-hydrogen) atoms. The van der Waals surface area contributed by atoms with E-state index in [0.717, 1.165) is 12.8 Å². The number of nitrogens with zero attached hydrogens (tertiary/aromatic N) is 1. The fourth-order valence-corrected chi connectivity index (χ4v) is 4.57. The minimum Gasteiger partial charge on any atom is -0.367 e. The molecule has 0 atom stereocenters. The van der Waals surface area contributed by atoms with Crippen LogP contribution in [-0.2, 0) is 10.0 Å². The molecule has 1 N–H and O–H groups in total. The van der Waals surface area contributed by atoms with E-state index in [4.69, 9.17) is 0 Å². The molecule has 6 nitrogen and oxygen atoms in total. The van der Waals surface area contributed by atoms with Crippen molar-refractivity contribution >= 4 is 21.6 Å². The van der Waals surface area contributed by atoms with Gasteiger partial charge >= 0.3 is 0 Å². The average Bonchev–Trinajstić information content (AvgIpc) is 3.10. The van der Waals surface area contributed by atoms with Crippen LogP contribution >= 0.6 is 0 Å². The second kappa shape index (κ2) is 6.49. The average molecular weight is 348 g/mol. The summed E-state index contributed by atoms with van der Waals surface area (Å²) in [5.41, 5.74) is 0.459. The lowest BCUT2D eigenvalue weighted by Gasteiger charge is -2.27. The monoisotopic (exact) mass is 348 g/mol. The number of likely N-dealkylation sites (tertiary alicyclic amines) is 1. The van der Waals surface area contributed by atoms with Crippen molar-refractivity contribution in [1.82, 2.24) is 9.62 Å². The van der Waals surface area contributed by atoms with Crippen LogP contribution in [0.2, 0.25) is 0 Å². The summed E-state index contributed by atoms with van der Waals surface area (Å²) in [6.45, 7) is 3.23. The Morgan fingerprint density at radius 3 is 2.21 bits per heavy atom. The highest BCUT2D eigenvalue weighted by Gasteiger charge is 2.41. The van der Waals surface area contributed by atoms with Crippen LogP contribution in [0.25, 0.3) is 0 Å². The molecule has 2 aliphatic rings. The van der Waals surface area contributed by atoms with Crippen LogP contribution in [0.1, 0.15) is 46.9 Å². The lowest BCUT2D eigenvalue weighted by atomic mass is 9.92. The molecule has 0 radical (unpaired) electrons. The third-order valence-electron chi connectivity index (χ3n) is 4.29. The number of sulfonamides is 1. The summed E-state index contributed by atoms with van der Waals surface area (Å²) < 4.78 is 27.8. The molecule has 128 valence electrons. The quantitative estimate of drug-likeness (QED) is 0.876. The van der Waals surface area contributed by atoms with Gasteiger partial charge in [0.1, 0.15) is 5.70 Å². The highest BCUT2D eigenvalue weighted by atomic mass is 32.2. The van der Waals surface area contributed by atoms with E-state index < -0.39 is 20.7 Å². The number of carbonyl (C=O) groups is 2. The number of allylic oxidation sites excluding steroid dienone is 2. The molecule has 0 bridgehead atoms. The standard InChI is InChI=1S/C17H20N2O4S/c1-2-9-18-24(22,23)17-14(19-10-5-6-11-19)15(20)12-7-3-4-8-13(12)16(17)21/h3-4,7-8,18H,2,5-6,9-11H2,1H3. The van der Waals surface area contributed by atoms with E-state index in [0.29, 0.717) is 19.5 Å². The Morgan fingerprint density at radius 1 is 1.04 bits per heavy atom. The van der Waals surface area contributed by atoms with Crippen molar-refractivity contribution in [3.05, 3.63) is 46.0 Å². The molecule has 1 heterocycles. The smallest absolute Gasteiger partial charge is 0.246 e. The Morgan fingerprint density at radius 2 is 1.62 bits per heavy atom. The molecule has 1 aliphatic carbocycles. The van der Waals surface area contributed by atoms with E-state index >= 15 is 0 Å². The molecule has 0 aromatic heterocycles. The molecular weight excluding hydrogens is 328 g/mol. The normalized spacial score (nSPS) is 18.3. The van der Waals surface area contributed by atoms with Crippen molar-refractivity contribution in [3.63, 3.8) is 0 Å². The van der Waals surface area contributed by atoms with Gasteiger partial charge in [0.2, 0.25) is 21.6 Å². The van der Waals surface area contributed by atoms with Crippen molar-refractivity contribution in [2.75, 3.05) is 19.6 Å². The number of fused-ring (bicyclic) bond motifs is 1. The van der Waals surface area contributed by atoms with Crippen LogP contribution < -0.4 is 4.72 Å². The van der Waals surface area contributed by atoms with Crippen LogP contribution in [-0.4, -0.2) is 44.5 Å². The van der Waals surface area contributed by atoms with Crippen LogP contribution in [0.5, 0.6) is 0 Å². The summed E-state index contributed by atoms with van der Waals surface area (Å²) in [6.07, 6.45) is 2.36.